The fraction of sp³-hybridized carbons (Fsp3) is 0.381. The van der Waals surface area contributed by atoms with Gasteiger partial charge in [0.2, 0.25) is 15.9 Å². The Kier molecular flexibility index (Phi) is 6.65. The van der Waals surface area contributed by atoms with Gasteiger partial charge >= 0.3 is 0 Å². The molecule has 0 saturated carbocycles. The van der Waals surface area contributed by atoms with E-state index in [9.17, 15) is 13.2 Å². The maximum absolute atomic E-state index is 12.4. The molecule has 6 heteroatoms. The lowest BCUT2D eigenvalue weighted by Gasteiger charge is -2.30. The Bertz CT molecular complexity index is 872. The van der Waals surface area contributed by atoms with Crippen LogP contribution in [0.25, 0.3) is 0 Å². The summed E-state index contributed by atoms with van der Waals surface area (Å²) >= 11 is 0. The number of rotatable bonds is 7. The van der Waals surface area contributed by atoms with Gasteiger partial charge in [0.25, 0.3) is 0 Å². The van der Waals surface area contributed by atoms with Gasteiger partial charge in [-0.25, -0.2) is 8.42 Å². The predicted octanol–water partition coefficient (Wildman–Crippen LogP) is 3.11. The summed E-state index contributed by atoms with van der Waals surface area (Å²) in [6.45, 7) is 6.58. The molecule has 0 unspecified atom stereocenters. The van der Waals surface area contributed by atoms with E-state index in [1.54, 1.807) is 0 Å². The minimum atomic E-state index is -3.48. The minimum Gasteiger partial charge on any atom is -0.354 e. The van der Waals surface area contributed by atoms with Crippen molar-refractivity contribution in [2.75, 3.05) is 23.7 Å². The van der Waals surface area contributed by atoms with E-state index in [0.717, 1.165) is 11.1 Å². The summed E-state index contributed by atoms with van der Waals surface area (Å²) in [5, 5.41) is 2.82. The average molecular weight is 389 g/mol. The third-order valence-electron chi connectivity index (χ3n) is 4.23. The van der Waals surface area contributed by atoms with Gasteiger partial charge in [0.1, 0.15) is 0 Å². The van der Waals surface area contributed by atoms with E-state index in [0.29, 0.717) is 5.69 Å². The van der Waals surface area contributed by atoms with Gasteiger partial charge in [-0.05, 0) is 22.6 Å². The van der Waals surface area contributed by atoms with Crippen LogP contribution in [0.15, 0.2) is 54.6 Å². The van der Waals surface area contributed by atoms with E-state index in [2.05, 4.69) is 5.32 Å². The molecule has 0 heterocycles. The summed E-state index contributed by atoms with van der Waals surface area (Å²) in [6.07, 6.45) is 1.47. The van der Waals surface area contributed by atoms with Gasteiger partial charge in [-0.2, -0.15) is 0 Å². The number of nitrogens with zero attached hydrogens (tertiary/aromatic N) is 1. The molecule has 2 aromatic carbocycles. The molecule has 1 amide bonds. The van der Waals surface area contributed by atoms with Crippen LogP contribution < -0.4 is 9.62 Å². The fourth-order valence-electron chi connectivity index (χ4n) is 2.93. The topological polar surface area (TPSA) is 66.5 Å². The Labute approximate surface area is 162 Å². The van der Waals surface area contributed by atoms with Gasteiger partial charge in [-0.3, -0.25) is 9.10 Å². The minimum absolute atomic E-state index is 0.126. The lowest BCUT2D eigenvalue weighted by atomic mass is 9.86. The summed E-state index contributed by atoms with van der Waals surface area (Å²) in [5.74, 6) is -0.126. The molecule has 0 aromatic heterocycles. The monoisotopic (exact) mass is 388 g/mol. The van der Waals surface area contributed by atoms with Gasteiger partial charge in [-0.15, -0.1) is 0 Å². The molecule has 2 aromatic rings. The molecule has 2 rings (SSSR count). The smallest absolute Gasteiger partial charge is 0.232 e. The maximum Gasteiger partial charge on any atom is 0.232 e. The van der Waals surface area contributed by atoms with Gasteiger partial charge < -0.3 is 5.32 Å². The van der Waals surface area contributed by atoms with E-state index in [1.165, 1.54) is 10.6 Å². The van der Waals surface area contributed by atoms with E-state index >= 15 is 0 Å². The molecule has 146 valence electrons. The number of benzene rings is 2. The highest BCUT2D eigenvalue weighted by atomic mass is 32.2. The zero-order valence-corrected chi connectivity index (χ0v) is 17.2. The van der Waals surface area contributed by atoms with Crippen LogP contribution in [0, 0.1) is 0 Å². The second-order valence-electron chi connectivity index (χ2n) is 7.61. The van der Waals surface area contributed by atoms with Crippen LogP contribution >= 0.6 is 0 Å². The fourth-order valence-corrected chi connectivity index (χ4v) is 3.87. The first-order chi connectivity index (χ1) is 12.6. The van der Waals surface area contributed by atoms with Crippen LogP contribution in [0.4, 0.5) is 5.69 Å². The molecule has 0 aliphatic heterocycles. The molecule has 5 nitrogen and oxygen atoms in total. The Morgan fingerprint density at radius 3 is 2.19 bits per heavy atom. The van der Waals surface area contributed by atoms with Crippen LogP contribution in [0.3, 0.4) is 0 Å². The Morgan fingerprint density at radius 1 is 1.00 bits per heavy atom. The van der Waals surface area contributed by atoms with Gasteiger partial charge in [0, 0.05) is 6.54 Å². The highest BCUT2D eigenvalue weighted by Gasteiger charge is 2.25. The van der Waals surface area contributed by atoms with Crippen molar-refractivity contribution in [3.05, 3.63) is 65.7 Å². The van der Waals surface area contributed by atoms with Gasteiger partial charge in [0.05, 0.1) is 24.9 Å². The van der Waals surface area contributed by atoms with Crippen molar-refractivity contribution in [1.82, 2.24) is 5.32 Å². The molecule has 0 aliphatic rings. The summed E-state index contributed by atoms with van der Waals surface area (Å²) in [5.41, 5.74) is 2.33. The zero-order valence-electron chi connectivity index (χ0n) is 16.4. The number of carbonyl (C=O) groups excluding carboxylic acids is 1. The van der Waals surface area contributed by atoms with Crippen molar-refractivity contribution in [1.29, 1.82) is 0 Å². The number of para-hydroxylation sites is 1. The summed E-state index contributed by atoms with van der Waals surface area (Å²) in [4.78, 5) is 12.1. The van der Waals surface area contributed by atoms with Crippen molar-refractivity contribution in [2.24, 2.45) is 0 Å². The Morgan fingerprint density at radius 2 is 1.59 bits per heavy atom. The molecular weight excluding hydrogens is 360 g/mol. The molecule has 0 saturated heterocycles. The molecular formula is C21H28N2O3S. The first-order valence-corrected chi connectivity index (χ1v) is 10.8. The van der Waals surface area contributed by atoms with Gasteiger partial charge in [-0.1, -0.05) is 69.3 Å². The van der Waals surface area contributed by atoms with Crippen LogP contribution in [-0.2, 0) is 26.7 Å². The lowest BCUT2D eigenvalue weighted by molar-refractivity contribution is -0.120. The largest absolute Gasteiger partial charge is 0.354 e. The molecule has 0 spiro atoms. The number of hydrogen-bond donors (Lipinski definition) is 1. The summed E-state index contributed by atoms with van der Waals surface area (Å²) in [7, 11) is -3.48. The second-order valence-corrected chi connectivity index (χ2v) is 9.52. The lowest BCUT2D eigenvalue weighted by Crippen LogP contribution is -2.39. The first kappa shape index (κ1) is 21.0. The number of carbonyl (C=O) groups is 1. The van der Waals surface area contributed by atoms with Crippen LogP contribution in [0.2, 0.25) is 0 Å². The number of amides is 1. The van der Waals surface area contributed by atoms with Crippen molar-refractivity contribution in [3.8, 4) is 0 Å². The number of nitrogens with one attached hydrogen (secondary N) is 1. The van der Waals surface area contributed by atoms with E-state index in [-0.39, 0.29) is 30.8 Å². The molecule has 27 heavy (non-hydrogen) atoms. The van der Waals surface area contributed by atoms with Crippen molar-refractivity contribution in [3.63, 3.8) is 0 Å². The number of sulfonamides is 1. The normalized spacial score (nSPS) is 11.9. The Hall–Kier alpha value is -2.34. The summed E-state index contributed by atoms with van der Waals surface area (Å²) < 4.78 is 26.2. The van der Waals surface area contributed by atoms with E-state index in [4.69, 9.17) is 0 Å². The number of anilines is 1. The number of hydrogen-bond acceptors (Lipinski definition) is 3. The summed E-state index contributed by atoms with van der Waals surface area (Å²) in [6, 6.07) is 17.0. The molecule has 1 N–H and O–H groups in total. The van der Waals surface area contributed by atoms with Crippen molar-refractivity contribution < 1.29 is 13.2 Å². The third kappa shape index (κ3) is 6.10. The van der Waals surface area contributed by atoms with Crippen molar-refractivity contribution >= 4 is 21.6 Å². The zero-order chi connectivity index (χ0) is 20.1. The molecule has 0 atom stereocenters. The van der Waals surface area contributed by atoms with E-state index < -0.39 is 10.0 Å². The molecule has 0 radical (unpaired) electrons. The Balaban J connectivity index is 2.10. The maximum atomic E-state index is 12.4. The molecule has 0 fully saturated rings. The van der Waals surface area contributed by atoms with Crippen LogP contribution in [0.5, 0.6) is 0 Å². The highest BCUT2D eigenvalue weighted by Crippen LogP contribution is 2.32. The highest BCUT2D eigenvalue weighted by molar-refractivity contribution is 7.92. The standard InChI is InChI=1S/C21H28N2O3S/c1-21(2,3)18-12-8-9-13-19(18)23(27(4,25)26)15-14-22-20(24)16-17-10-6-5-7-11-17/h5-13H,14-16H2,1-4H3,(H,22,24). The van der Waals surface area contributed by atoms with Gasteiger partial charge in [0.15, 0.2) is 0 Å². The average Bonchev–Trinajstić information content (AvgIpc) is 2.58. The third-order valence-corrected chi connectivity index (χ3v) is 5.41. The first-order valence-electron chi connectivity index (χ1n) is 8.97. The predicted molar refractivity (Wildman–Crippen MR) is 110 cm³/mol. The quantitative estimate of drug-likeness (QED) is 0.792. The van der Waals surface area contributed by atoms with Crippen LogP contribution in [0.1, 0.15) is 31.9 Å². The van der Waals surface area contributed by atoms with Crippen molar-refractivity contribution in [2.45, 2.75) is 32.6 Å². The second kappa shape index (κ2) is 8.57. The SMILES string of the molecule is CC(C)(C)c1ccccc1N(CCNC(=O)Cc1ccccc1)S(C)(=O)=O. The van der Waals surface area contributed by atoms with Crippen LogP contribution in [-0.4, -0.2) is 33.7 Å². The van der Waals surface area contributed by atoms with E-state index in [1.807, 2.05) is 75.4 Å². The molecule has 0 bridgehead atoms. The molecule has 0 aliphatic carbocycles.